The topological polar surface area (TPSA) is 67.4 Å². The number of anilines is 1. The van der Waals surface area contributed by atoms with Crippen LogP contribution in [0.5, 0.6) is 5.75 Å². The Balaban J connectivity index is 1.94. The zero-order chi connectivity index (χ0) is 19.8. The molecule has 0 bridgehead atoms. The summed E-state index contributed by atoms with van der Waals surface area (Å²) in [5, 5.41) is 5.62. The number of nitrogens with one attached hydrogen (secondary N) is 2. The van der Waals surface area contributed by atoms with Gasteiger partial charge in [-0.1, -0.05) is 35.3 Å². The van der Waals surface area contributed by atoms with E-state index in [0.29, 0.717) is 23.5 Å². The molecule has 0 unspecified atom stereocenters. The molecule has 2 aromatic carbocycles. The van der Waals surface area contributed by atoms with Crippen LogP contribution in [0.3, 0.4) is 0 Å². The molecule has 2 amide bonds. The number of hydrogen-bond acceptors (Lipinski definition) is 3. The van der Waals surface area contributed by atoms with E-state index in [0.717, 1.165) is 27.4 Å². The SMILES string of the molecule is CCCCNC(=O)c1cccc(NC(=O)COc2c(C)cc(Br)cc2Br)c1. The Labute approximate surface area is 176 Å². The minimum Gasteiger partial charge on any atom is -0.482 e. The molecule has 0 saturated carbocycles. The van der Waals surface area contributed by atoms with E-state index in [1.54, 1.807) is 24.3 Å². The third kappa shape index (κ3) is 6.66. The monoisotopic (exact) mass is 496 g/mol. The highest BCUT2D eigenvalue weighted by molar-refractivity contribution is 9.11. The van der Waals surface area contributed by atoms with Gasteiger partial charge in [-0.25, -0.2) is 0 Å². The second kappa shape index (κ2) is 10.5. The fourth-order valence-corrected chi connectivity index (χ4v) is 3.98. The number of benzene rings is 2. The molecular weight excluding hydrogens is 476 g/mol. The van der Waals surface area contributed by atoms with Crippen molar-refractivity contribution in [1.82, 2.24) is 5.32 Å². The van der Waals surface area contributed by atoms with E-state index < -0.39 is 0 Å². The number of halogens is 2. The molecule has 0 heterocycles. The van der Waals surface area contributed by atoms with Crippen molar-refractivity contribution in [2.75, 3.05) is 18.5 Å². The quantitative estimate of drug-likeness (QED) is 0.500. The van der Waals surface area contributed by atoms with E-state index in [-0.39, 0.29) is 18.4 Å². The second-order valence-corrected chi connectivity index (χ2v) is 7.83. The highest BCUT2D eigenvalue weighted by Crippen LogP contribution is 2.32. The Kier molecular flexibility index (Phi) is 8.31. The van der Waals surface area contributed by atoms with Gasteiger partial charge in [0.1, 0.15) is 5.75 Å². The first-order valence-corrected chi connectivity index (χ1v) is 10.3. The molecule has 2 aromatic rings. The van der Waals surface area contributed by atoms with Gasteiger partial charge in [0.2, 0.25) is 0 Å². The van der Waals surface area contributed by atoms with Crippen LogP contribution < -0.4 is 15.4 Å². The van der Waals surface area contributed by atoms with E-state index in [1.807, 2.05) is 19.1 Å². The maximum atomic E-state index is 12.2. The molecule has 0 aliphatic carbocycles. The average molecular weight is 498 g/mol. The number of hydrogen-bond donors (Lipinski definition) is 2. The molecule has 7 heteroatoms. The van der Waals surface area contributed by atoms with Crippen LogP contribution in [0.2, 0.25) is 0 Å². The third-order valence-corrected chi connectivity index (χ3v) is 4.81. The van der Waals surface area contributed by atoms with Crippen LogP contribution in [0.4, 0.5) is 5.69 Å². The Morgan fingerprint density at radius 1 is 1.15 bits per heavy atom. The first-order valence-electron chi connectivity index (χ1n) is 8.67. The fourth-order valence-electron chi connectivity index (χ4n) is 2.43. The van der Waals surface area contributed by atoms with Crippen molar-refractivity contribution < 1.29 is 14.3 Å². The summed E-state index contributed by atoms with van der Waals surface area (Å²) in [6.45, 7) is 4.48. The third-order valence-electron chi connectivity index (χ3n) is 3.77. The van der Waals surface area contributed by atoms with Gasteiger partial charge in [0.05, 0.1) is 4.47 Å². The molecule has 0 aliphatic rings. The predicted octanol–water partition coefficient (Wildman–Crippen LogP) is 5.07. The van der Waals surface area contributed by atoms with Gasteiger partial charge in [0, 0.05) is 22.3 Å². The summed E-state index contributed by atoms with van der Waals surface area (Å²) in [6.07, 6.45) is 1.95. The van der Waals surface area contributed by atoms with Crippen LogP contribution in [0, 0.1) is 6.92 Å². The van der Waals surface area contributed by atoms with Crippen LogP contribution in [0.25, 0.3) is 0 Å². The lowest BCUT2D eigenvalue weighted by molar-refractivity contribution is -0.118. The normalized spacial score (nSPS) is 10.4. The van der Waals surface area contributed by atoms with Crippen molar-refractivity contribution >= 4 is 49.4 Å². The average Bonchev–Trinajstić information content (AvgIpc) is 2.61. The van der Waals surface area contributed by atoms with Gasteiger partial charge in [0.15, 0.2) is 6.61 Å². The van der Waals surface area contributed by atoms with E-state index in [9.17, 15) is 9.59 Å². The number of amides is 2. The lowest BCUT2D eigenvalue weighted by atomic mass is 10.2. The van der Waals surface area contributed by atoms with E-state index in [4.69, 9.17) is 4.74 Å². The van der Waals surface area contributed by atoms with Crippen LogP contribution in [0.15, 0.2) is 45.3 Å². The van der Waals surface area contributed by atoms with E-state index in [2.05, 4.69) is 49.4 Å². The Hall–Kier alpha value is -1.86. The number of ether oxygens (including phenoxy) is 1. The van der Waals surface area contributed by atoms with Crippen LogP contribution in [-0.2, 0) is 4.79 Å². The fraction of sp³-hybridized carbons (Fsp3) is 0.300. The molecule has 0 aromatic heterocycles. The molecule has 0 spiro atoms. The van der Waals surface area contributed by atoms with E-state index in [1.165, 1.54) is 0 Å². The maximum Gasteiger partial charge on any atom is 0.262 e. The van der Waals surface area contributed by atoms with Gasteiger partial charge < -0.3 is 15.4 Å². The molecule has 0 atom stereocenters. The standard InChI is InChI=1S/C20H22Br2N2O3/c1-3-4-8-23-20(26)14-6-5-7-16(10-14)24-18(25)12-27-19-13(2)9-15(21)11-17(19)22/h5-7,9-11H,3-4,8,12H2,1-2H3,(H,23,26)(H,24,25). The van der Waals surface area contributed by atoms with Gasteiger partial charge in [-0.15, -0.1) is 0 Å². The predicted molar refractivity (Wildman–Crippen MR) is 114 cm³/mol. The smallest absolute Gasteiger partial charge is 0.262 e. The van der Waals surface area contributed by atoms with Gasteiger partial charge in [-0.05, 0) is 65.2 Å². The molecule has 5 nitrogen and oxygen atoms in total. The minimum atomic E-state index is -0.298. The number of carbonyl (C=O) groups is 2. The Bertz CT molecular complexity index is 802. The molecule has 2 rings (SSSR count). The van der Waals surface area contributed by atoms with Crippen molar-refractivity contribution in [2.45, 2.75) is 26.7 Å². The van der Waals surface area contributed by atoms with Crippen molar-refractivity contribution in [3.63, 3.8) is 0 Å². The molecule has 27 heavy (non-hydrogen) atoms. The summed E-state index contributed by atoms with van der Waals surface area (Å²) in [5.41, 5.74) is 1.98. The molecule has 2 N–H and O–H groups in total. The molecule has 0 saturated heterocycles. The van der Waals surface area contributed by atoms with Crippen molar-refractivity contribution in [3.8, 4) is 5.75 Å². The zero-order valence-electron chi connectivity index (χ0n) is 15.3. The zero-order valence-corrected chi connectivity index (χ0v) is 18.4. The number of rotatable bonds is 8. The highest BCUT2D eigenvalue weighted by atomic mass is 79.9. The summed E-state index contributed by atoms with van der Waals surface area (Å²) in [7, 11) is 0. The van der Waals surface area contributed by atoms with Gasteiger partial charge >= 0.3 is 0 Å². The van der Waals surface area contributed by atoms with Crippen molar-refractivity contribution in [3.05, 3.63) is 56.5 Å². The summed E-state index contributed by atoms with van der Waals surface area (Å²) in [5.74, 6) is 0.176. The van der Waals surface area contributed by atoms with Gasteiger partial charge in [-0.2, -0.15) is 0 Å². The van der Waals surface area contributed by atoms with Crippen LogP contribution in [0.1, 0.15) is 35.7 Å². The Morgan fingerprint density at radius 2 is 1.93 bits per heavy atom. The molecule has 0 radical (unpaired) electrons. The molecular formula is C20H22Br2N2O3. The minimum absolute atomic E-state index is 0.131. The van der Waals surface area contributed by atoms with Crippen LogP contribution >= 0.6 is 31.9 Å². The number of carbonyl (C=O) groups excluding carboxylic acids is 2. The van der Waals surface area contributed by atoms with Crippen LogP contribution in [-0.4, -0.2) is 25.0 Å². The summed E-state index contributed by atoms with van der Waals surface area (Å²) < 4.78 is 7.34. The number of aryl methyl sites for hydroxylation is 1. The molecule has 0 aliphatic heterocycles. The van der Waals surface area contributed by atoms with E-state index >= 15 is 0 Å². The first kappa shape index (κ1) is 21.4. The summed E-state index contributed by atoms with van der Waals surface area (Å²) in [6, 6.07) is 10.6. The Morgan fingerprint density at radius 3 is 2.63 bits per heavy atom. The lowest BCUT2D eigenvalue weighted by Crippen LogP contribution is -2.25. The number of unbranched alkanes of at least 4 members (excludes halogenated alkanes) is 1. The van der Waals surface area contributed by atoms with Crippen molar-refractivity contribution in [2.24, 2.45) is 0 Å². The second-order valence-electron chi connectivity index (χ2n) is 6.06. The molecule has 0 fully saturated rings. The highest BCUT2D eigenvalue weighted by Gasteiger charge is 2.11. The van der Waals surface area contributed by atoms with Crippen molar-refractivity contribution in [1.29, 1.82) is 0 Å². The summed E-state index contributed by atoms with van der Waals surface area (Å²) >= 11 is 6.85. The van der Waals surface area contributed by atoms with Gasteiger partial charge in [-0.3, -0.25) is 9.59 Å². The summed E-state index contributed by atoms with van der Waals surface area (Å²) in [4.78, 5) is 24.3. The lowest BCUT2D eigenvalue weighted by Gasteiger charge is -2.12. The first-order chi connectivity index (χ1) is 12.9. The van der Waals surface area contributed by atoms with Gasteiger partial charge in [0.25, 0.3) is 11.8 Å². The maximum absolute atomic E-state index is 12.2. The largest absolute Gasteiger partial charge is 0.482 e. The molecule has 144 valence electrons.